The zero-order valence-corrected chi connectivity index (χ0v) is 11.5. The third-order valence-electron chi connectivity index (χ3n) is 2.70. The van der Waals surface area contributed by atoms with Crippen LogP contribution in [0.4, 0.5) is 0 Å². The number of aliphatic hydroxyl groups is 1. The summed E-state index contributed by atoms with van der Waals surface area (Å²) in [6, 6.07) is 9.01. The van der Waals surface area contributed by atoms with Crippen LogP contribution < -0.4 is 5.32 Å². The molecule has 0 aliphatic rings. The van der Waals surface area contributed by atoms with E-state index in [9.17, 15) is 0 Å². The quantitative estimate of drug-likeness (QED) is 0.841. The summed E-state index contributed by atoms with van der Waals surface area (Å²) in [7, 11) is 0. The number of nitrogens with one attached hydrogen (secondary N) is 1. The molecule has 2 nitrogen and oxygen atoms in total. The third kappa shape index (κ3) is 4.24. The van der Waals surface area contributed by atoms with Gasteiger partial charge in [-0.25, -0.2) is 0 Å². The SMILES string of the molecule is CC(CCCO)NC(C)c1ccccc1Br. The molecule has 0 amide bonds. The van der Waals surface area contributed by atoms with E-state index in [2.05, 4.69) is 53.3 Å². The predicted octanol–water partition coefficient (Wildman–Crippen LogP) is 3.26. The highest BCUT2D eigenvalue weighted by molar-refractivity contribution is 9.10. The Hall–Kier alpha value is -0.380. The first-order valence-corrected chi connectivity index (χ1v) is 6.55. The summed E-state index contributed by atoms with van der Waals surface area (Å²) in [5.74, 6) is 0. The van der Waals surface area contributed by atoms with Crippen LogP contribution in [0.2, 0.25) is 0 Å². The van der Waals surface area contributed by atoms with Crippen molar-refractivity contribution in [1.82, 2.24) is 5.32 Å². The van der Waals surface area contributed by atoms with Crippen LogP contribution >= 0.6 is 15.9 Å². The van der Waals surface area contributed by atoms with Crippen molar-refractivity contribution in [1.29, 1.82) is 0 Å². The van der Waals surface area contributed by atoms with Crippen LogP contribution in [0.15, 0.2) is 28.7 Å². The molecule has 3 heteroatoms. The fraction of sp³-hybridized carbons (Fsp3) is 0.538. The Morgan fingerprint density at radius 1 is 1.31 bits per heavy atom. The fourth-order valence-electron chi connectivity index (χ4n) is 1.82. The number of hydrogen-bond acceptors (Lipinski definition) is 2. The maximum Gasteiger partial charge on any atom is 0.0431 e. The molecule has 0 heterocycles. The maximum absolute atomic E-state index is 8.78. The molecule has 1 rings (SSSR count). The first-order valence-electron chi connectivity index (χ1n) is 5.76. The standard InChI is InChI=1S/C13H20BrNO/c1-10(6-5-9-16)15-11(2)12-7-3-4-8-13(12)14/h3-4,7-8,10-11,15-16H,5-6,9H2,1-2H3. The van der Waals surface area contributed by atoms with Gasteiger partial charge in [-0.05, 0) is 38.3 Å². The Morgan fingerprint density at radius 2 is 2.00 bits per heavy atom. The molecule has 0 saturated heterocycles. The summed E-state index contributed by atoms with van der Waals surface area (Å²) in [6.07, 6.45) is 1.86. The smallest absolute Gasteiger partial charge is 0.0431 e. The first-order chi connectivity index (χ1) is 7.65. The van der Waals surface area contributed by atoms with E-state index in [4.69, 9.17) is 5.11 Å². The molecule has 16 heavy (non-hydrogen) atoms. The molecule has 1 aromatic rings. The second-order valence-corrected chi connectivity index (χ2v) is 5.03. The first kappa shape index (κ1) is 13.7. The molecule has 0 saturated carbocycles. The van der Waals surface area contributed by atoms with Crippen LogP contribution in [0, 0.1) is 0 Å². The van der Waals surface area contributed by atoms with Crippen molar-refractivity contribution < 1.29 is 5.11 Å². The lowest BCUT2D eigenvalue weighted by Gasteiger charge is -2.21. The van der Waals surface area contributed by atoms with E-state index < -0.39 is 0 Å². The molecule has 0 bridgehead atoms. The minimum atomic E-state index is 0.273. The summed E-state index contributed by atoms with van der Waals surface area (Å²) in [6.45, 7) is 4.59. The molecule has 0 radical (unpaired) electrons. The highest BCUT2D eigenvalue weighted by Crippen LogP contribution is 2.23. The molecule has 0 aliphatic carbocycles. The van der Waals surface area contributed by atoms with Crippen molar-refractivity contribution in [3.05, 3.63) is 34.3 Å². The van der Waals surface area contributed by atoms with E-state index in [0.29, 0.717) is 12.1 Å². The van der Waals surface area contributed by atoms with Crippen LogP contribution in [-0.2, 0) is 0 Å². The van der Waals surface area contributed by atoms with Gasteiger partial charge >= 0.3 is 0 Å². The Morgan fingerprint density at radius 3 is 2.62 bits per heavy atom. The number of hydrogen-bond donors (Lipinski definition) is 2. The maximum atomic E-state index is 8.78. The van der Waals surface area contributed by atoms with Crippen molar-refractivity contribution in [2.24, 2.45) is 0 Å². The lowest BCUT2D eigenvalue weighted by molar-refractivity contribution is 0.274. The molecule has 2 N–H and O–H groups in total. The molecule has 0 spiro atoms. The van der Waals surface area contributed by atoms with Gasteiger partial charge in [-0.15, -0.1) is 0 Å². The molecule has 0 aliphatic heterocycles. The second-order valence-electron chi connectivity index (χ2n) is 4.18. The van der Waals surface area contributed by atoms with Gasteiger partial charge in [0.25, 0.3) is 0 Å². The van der Waals surface area contributed by atoms with Crippen molar-refractivity contribution >= 4 is 15.9 Å². The van der Waals surface area contributed by atoms with E-state index in [0.717, 1.165) is 17.3 Å². The fourth-order valence-corrected chi connectivity index (χ4v) is 2.45. The number of halogens is 1. The van der Waals surface area contributed by atoms with Crippen LogP contribution in [0.5, 0.6) is 0 Å². The van der Waals surface area contributed by atoms with Gasteiger partial charge in [0.1, 0.15) is 0 Å². The third-order valence-corrected chi connectivity index (χ3v) is 3.42. The van der Waals surface area contributed by atoms with Crippen LogP contribution in [-0.4, -0.2) is 17.8 Å². The van der Waals surface area contributed by atoms with E-state index >= 15 is 0 Å². The molecule has 0 fully saturated rings. The lowest BCUT2D eigenvalue weighted by Crippen LogP contribution is -2.29. The zero-order chi connectivity index (χ0) is 12.0. The normalized spacial score (nSPS) is 14.8. The van der Waals surface area contributed by atoms with Crippen LogP contribution in [0.25, 0.3) is 0 Å². The van der Waals surface area contributed by atoms with E-state index in [1.807, 2.05) is 6.07 Å². The molecule has 90 valence electrons. The molecular formula is C13H20BrNO. The van der Waals surface area contributed by atoms with Gasteiger partial charge in [0.2, 0.25) is 0 Å². The van der Waals surface area contributed by atoms with Crippen molar-refractivity contribution in [2.75, 3.05) is 6.61 Å². The number of aliphatic hydroxyl groups excluding tert-OH is 1. The minimum absolute atomic E-state index is 0.273. The monoisotopic (exact) mass is 285 g/mol. The van der Waals surface area contributed by atoms with Gasteiger partial charge in [-0.2, -0.15) is 0 Å². The summed E-state index contributed by atoms with van der Waals surface area (Å²) in [5, 5.41) is 12.3. The Balaban J connectivity index is 2.52. The van der Waals surface area contributed by atoms with E-state index in [1.165, 1.54) is 5.56 Å². The average molecular weight is 286 g/mol. The molecule has 0 aromatic heterocycles. The predicted molar refractivity (Wildman–Crippen MR) is 71.5 cm³/mol. The van der Waals surface area contributed by atoms with Gasteiger partial charge in [0, 0.05) is 23.2 Å². The van der Waals surface area contributed by atoms with Gasteiger partial charge in [-0.1, -0.05) is 34.1 Å². The van der Waals surface area contributed by atoms with Gasteiger partial charge in [-0.3, -0.25) is 0 Å². The summed E-state index contributed by atoms with van der Waals surface area (Å²) < 4.78 is 1.14. The number of rotatable bonds is 6. The largest absolute Gasteiger partial charge is 0.396 e. The number of benzene rings is 1. The van der Waals surface area contributed by atoms with Crippen molar-refractivity contribution in [3.63, 3.8) is 0 Å². The Bertz CT molecular complexity index is 317. The van der Waals surface area contributed by atoms with Gasteiger partial charge in [0.05, 0.1) is 0 Å². The lowest BCUT2D eigenvalue weighted by atomic mass is 10.1. The van der Waals surface area contributed by atoms with Gasteiger partial charge in [0.15, 0.2) is 0 Å². The Labute approximate surface area is 106 Å². The Kier molecular flexibility index (Phi) is 6.03. The second kappa shape index (κ2) is 7.05. The molecule has 2 unspecified atom stereocenters. The minimum Gasteiger partial charge on any atom is -0.396 e. The highest BCUT2D eigenvalue weighted by atomic mass is 79.9. The molecule has 2 atom stereocenters. The van der Waals surface area contributed by atoms with Crippen LogP contribution in [0.3, 0.4) is 0 Å². The summed E-state index contributed by atoms with van der Waals surface area (Å²) in [4.78, 5) is 0. The van der Waals surface area contributed by atoms with E-state index in [-0.39, 0.29) is 6.61 Å². The summed E-state index contributed by atoms with van der Waals surface area (Å²) >= 11 is 3.56. The zero-order valence-electron chi connectivity index (χ0n) is 9.91. The van der Waals surface area contributed by atoms with Crippen LogP contribution in [0.1, 0.15) is 38.3 Å². The van der Waals surface area contributed by atoms with E-state index in [1.54, 1.807) is 0 Å². The highest BCUT2D eigenvalue weighted by Gasteiger charge is 2.11. The molecular weight excluding hydrogens is 266 g/mol. The topological polar surface area (TPSA) is 32.3 Å². The van der Waals surface area contributed by atoms with Gasteiger partial charge < -0.3 is 10.4 Å². The summed E-state index contributed by atoms with van der Waals surface area (Å²) in [5.41, 5.74) is 1.28. The van der Waals surface area contributed by atoms with Crippen molar-refractivity contribution in [2.45, 2.75) is 38.8 Å². The van der Waals surface area contributed by atoms with Crippen molar-refractivity contribution in [3.8, 4) is 0 Å². The molecule has 1 aromatic carbocycles. The average Bonchev–Trinajstić information content (AvgIpc) is 2.26.